The second-order valence-electron chi connectivity index (χ2n) is 5.31. The summed E-state index contributed by atoms with van der Waals surface area (Å²) >= 11 is 5.36. The number of halogens is 2. The average Bonchev–Trinajstić information content (AvgIpc) is 2.62. The molecule has 2 rings (SSSR count). The predicted octanol–water partition coefficient (Wildman–Crippen LogP) is 3.22. The van der Waals surface area contributed by atoms with Crippen LogP contribution in [0.4, 0.5) is 0 Å². The highest BCUT2D eigenvalue weighted by molar-refractivity contribution is 14.1. The summed E-state index contributed by atoms with van der Waals surface area (Å²) in [6, 6.07) is 10.8. The van der Waals surface area contributed by atoms with Gasteiger partial charge in [-0.1, -0.05) is 28.1 Å². The first-order chi connectivity index (χ1) is 12.9. The molecule has 0 saturated carbocycles. The number of hydrogen-bond donors (Lipinski definition) is 2. The van der Waals surface area contributed by atoms with E-state index in [0.29, 0.717) is 20.6 Å². The van der Waals surface area contributed by atoms with Gasteiger partial charge in [0.25, 0.3) is 0 Å². The van der Waals surface area contributed by atoms with Crippen molar-refractivity contribution < 1.29 is 24.2 Å². The van der Waals surface area contributed by atoms with E-state index in [1.807, 2.05) is 46.9 Å². The van der Waals surface area contributed by atoms with Gasteiger partial charge in [0.1, 0.15) is 0 Å². The number of methoxy groups -OCH3 is 1. The first-order valence-corrected chi connectivity index (χ1v) is 9.54. The normalized spacial score (nSPS) is 10.6. The van der Waals surface area contributed by atoms with Crippen molar-refractivity contribution in [3.05, 3.63) is 55.6 Å². The van der Waals surface area contributed by atoms with Crippen LogP contribution in [0.1, 0.15) is 11.1 Å². The number of benzene rings is 2. The summed E-state index contributed by atoms with van der Waals surface area (Å²) in [6.07, 6.45) is 1.69. The molecule has 0 atom stereocenters. The van der Waals surface area contributed by atoms with Crippen LogP contribution >= 0.6 is 38.5 Å². The molecular weight excluding hydrogens is 531 g/mol. The van der Waals surface area contributed by atoms with E-state index >= 15 is 0 Å². The summed E-state index contributed by atoms with van der Waals surface area (Å²) < 4.78 is 12.1. The number of amides is 1. The number of hydrazone groups is 1. The van der Waals surface area contributed by atoms with E-state index in [0.717, 1.165) is 10.0 Å². The third-order valence-electron chi connectivity index (χ3n) is 3.27. The number of ether oxygens (including phenoxy) is 2. The molecule has 0 aliphatic rings. The summed E-state index contributed by atoms with van der Waals surface area (Å²) in [7, 11) is 1.46. The first-order valence-electron chi connectivity index (χ1n) is 7.67. The fourth-order valence-corrected chi connectivity index (χ4v) is 3.14. The highest BCUT2D eigenvalue weighted by Gasteiger charge is 2.12. The molecule has 0 aliphatic carbocycles. The lowest BCUT2D eigenvalue weighted by molar-refractivity contribution is -0.139. The Balaban J connectivity index is 2.01. The Hall–Kier alpha value is -2.14. The quantitative estimate of drug-likeness (QED) is 0.301. The molecule has 1 amide bonds. The molecule has 0 aromatic heterocycles. The molecule has 2 aromatic carbocycles. The third kappa shape index (κ3) is 6.83. The molecule has 2 N–H and O–H groups in total. The number of carbonyl (C=O) groups excluding carboxylic acids is 1. The predicted molar refractivity (Wildman–Crippen MR) is 112 cm³/mol. The van der Waals surface area contributed by atoms with Gasteiger partial charge in [-0.2, -0.15) is 5.10 Å². The van der Waals surface area contributed by atoms with Crippen LogP contribution in [-0.4, -0.2) is 36.9 Å². The number of rotatable bonds is 8. The third-order valence-corrected chi connectivity index (χ3v) is 4.60. The number of carboxylic acid groups (broad SMARTS) is 1. The second-order valence-corrected chi connectivity index (χ2v) is 7.39. The van der Waals surface area contributed by atoms with Gasteiger partial charge in [-0.05, 0) is 58.0 Å². The number of nitrogens with one attached hydrogen (secondary N) is 1. The van der Waals surface area contributed by atoms with E-state index in [1.54, 1.807) is 12.1 Å². The van der Waals surface area contributed by atoms with Crippen LogP contribution in [-0.2, 0) is 16.0 Å². The molecule has 2 aromatic rings. The van der Waals surface area contributed by atoms with Crippen molar-refractivity contribution >= 4 is 56.6 Å². The Morgan fingerprint density at radius 1 is 1.30 bits per heavy atom. The monoisotopic (exact) mass is 546 g/mol. The van der Waals surface area contributed by atoms with Crippen molar-refractivity contribution in [1.82, 2.24) is 5.43 Å². The lowest BCUT2D eigenvalue weighted by Gasteiger charge is -2.12. The number of carboxylic acids is 1. The van der Waals surface area contributed by atoms with Crippen LogP contribution in [0.25, 0.3) is 0 Å². The molecule has 0 unspecified atom stereocenters. The number of carbonyl (C=O) groups is 2. The molecule has 9 heteroatoms. The summed E-state index contributed by atoms with van der Waals surface area (Å²) in [6.45, 7) is -0.466. The Bertz CT molecular complexity index is 856. The molecule has 27 heavy (non-hydrogen) atoms. The fraction of sp³-hybridized carbons (Fsp3) is 0.167. The molecule has 0 fully saturated rings. The minimum atomic E-state index is -1.08. The zero-order valence-corrected chi connectivity index (χ0v) is 18.0. The van der Waals surface area contributed by atoms with Crippen molar-refractivity contribution in [2.24, 2.45) is 5.10 Å². The molecule has 0 saturated heterocycles. The molecule has 142 valence electrons. The van der Waals surface area contributed by atoms with Crippen LogP contribution in [0.15, 0.2) is 46.0 Å². The number of aliphatic carboxylic acids is 1. The smallest absolute Gasteiger partial charge is 0.341 e. The molecule has 0 bridgehead atoms. The lowest BCUT2D eigenvalue weighted by Crippen LogP contribution is -2.19. The Kier molecular flexibility index (Phi) is 8.04. The Labute approximate surface area is 178 Å². The van der Waals surface area contributed by atoms with E-state index in [9.17, 15) is 9.59 Å². The van der Waals surface area contributed by atoms with Crippen molar-refractivity contribution in [3.63, 3.8) is 0 Å². The molecule has 0 spiro atoms. The zero-order valence-electron chi connectivity index (χ0n) is 14.2. The summed E-state index contributed by atoms with van der Waals surface area (Å²) in [5, 5.41) is 12.7. The molecule has 0 heterocycles. The zero-order chi connectivity index (χ0) is 19.8. The van der Waals surface area contributed by atoms with E-state index in [1.165, 1.54) is 13.3 Å². The molecule has 7 nitrogen and oxygen atoms in total. The summed E-state index contributed by atoms with van der Waals surface area (Å²) in [5.74, 6) is -0.591. The van der Waals surface area contributed by atoms with Gasteiger partial charge in [0.05, 0.1) is 23.3 Å². The van der Waals surface area contributed by atoms with E-state index in [2.05, 4.69) is 26.5 Å². The topological polar surface area (TPSA) is 97.2 Å². The number of hydrogen-bond acceptors (Lipinski definition) is 5. The molecule has 0 aliphatic heterocycles. The van der Waals surface area contributed by atoms with Crippen LogP contribution in [0.5, 0.6) is 11.5 Å². The van der Waals surface area contributed by atoms with Gasteiger partial charge in [0.2, 0.25) is 5.91 Å². The van der Waals surface area contributed by atoms with Gasteiger partial charge in [-0.25, -0.2) is 10.2 Å². The van der Waals surface area contributed by atoms with Crippen molar-refractivity contribution in [2.45, 2.75) is 6.42 Å². The number of nitrogens with zero attached hydrogens (tertiary/aromatic N) is 1. The van der Waals surface area contributed by atoms with Crippen molar-refractivity contribution in [2.75, 3.05) is 13.7 Å². The minimum Gasteiger partial charge on any atom is -0.493 e. The summed E-state index contributed by atoms with van der Waals surface area (Å²) in [4.78, 5) is 22.6. The first kappa shape index (κ1) is 21.2. The molecular formula is C18H16BrIN2O5. The van der Waals surface area contributed by atoms with Crippen LogP contribution in [0.3, 0.4) is 0 Å². The standard InChI is InChI=1S/C18H16BrIN2O5/c1-26-15-7-12(6-14(20)18(15)27-10-17(24)25)9-21-22-16(23)8-11-2-4-13(19)5-3-11/h2-7,9H,8,10H2,1H3,(H,22,23)(H,24,25)/b21-9-. The Morgan fingerprint density at radius 3 is 2.63 bits per heavy atom. The van der Waals surface area contributed by atoms with E-state index < -0.39 is 12.6 Å². The van der Waals surface area contributed by atoms with Gasteiger partial charge in [-0.15, -0.1) is 0 Å². The maximum absolute atomic E-state index is 11.9. The average molecular weight is 547 g/mol. The van der Waals surface area contributed by atoms with E-state index in [-0.39, 0.29) is 12.3 Å². The molecule has 0 radical (unpaired) electrons. The minimum absolute atomic E-state index is 0.216. The highest BCUT2D eigenvalue weighted by Crippen LogP contribution is 2.33. The van der Waals surface area contributed by atoms with Crippen LogP contribution in [0, 0.1) is 3.57 Å². The van der Waals surface area contributed by atoms with Crippen molar-refractivity contribution in [3.8, 4) is 11.5 Å². The van der Waals surface area contributed by atoms with E-state index in [4.69, 9.17) is 14.6 Å². The maximum Gasteiger partial charge on any atom is 0.341 e. The van der Waals surface area contributed by atoms with Gasteiger partial charge in [0.15, 0.2) is 18.1 Å². The van der Waals surface area contributed by atoms with Gasteiger partial charge >= 0.3 is 5.97 Å². The van der Waals surface area contributed by atoms with Gasteiger partial charge in [-0.3, -0.25) is 4.79 Å². The Morgan fingerprint density at radius 2 is 2.00 bits per heavy atom. The van der Waals surface area contributed by atoms with Gasteiger partial charge < -0.3 is 14.6 Å². The summed E-state index contributed by atoms with van der Waals surface area (Å²) in [5.41, 5.74) is 4.02. The van der Waals surface area contributed by atoms with Crippen molar-refractivity contribution in [1.29, 1.82) is 0 Å². The fourth-order valence-electron chi connectivity index (χ4n) is 2.09. The lowest BCUT2D eigenvalue weighted by atomic mass is 10.1. The highest BCUT2D eigenvalue weighted by atomic mass is 127. The largest absolute Gasteiger partial charge is 0.493 e. The second kappa shape index (κ2) is 10.3. The maximum atomic E-state index is 11.9. The SMILES string of the molecule is COc1cc(/C=N\NC(=O)Cc2ccc(Br)cc2)cc(I)c1OCC(=O)O. The van der Waals surface area contributed by atoms with Crippen LogP contribution in [0.2, 0.25) is 0 Å². The van der Waals surface area contributed by atoms with Gasteiger partial charge in [0, 0.05) is 4.47 Å². The van der Waals surface area contributed by atoms with Crippen LogP contribution < -0.4 is 14.9 Å².